The van der Waals surface area contributed by atoms with E-state index in [2.05, 4.69) is 0 Å². The van der Waals surface area contributed by atoms with Crippen molar-refractivity contribution >= 4 is 23.3 Å². The highest BCUT2D eigenvalue weighted by atomic mass is 19.1. The Balaban J connectivity index is 2.13. The van der Waals surface area contributed by atoms with Crippen molar-refractivity contribution in [3.05, 3.63) is 63.8 Å². The van der Waals surface area contributed by atoms with E-state index in [1.165, 1.54) is 36.4 Å². The Morgan fingerprint density at radius 3 is 2.48 bits per heavy atom. The van der Waals surface area contributed by atoms with Crippen molar-refractivity contribution in [2.24, 2.45) is 5.73 Å². The summed E-state index contributed by atoms with van der Waals surface area (Å²) < 4.78 is 13.6. The number of amides is 1. The Kier molecular flexibility index (Phi) is 2.83. The molecule has 0 radical (unpaired) electrons. The van der Waals surface area contributed by atoms with Crippen LogP contribution < -0.4 is 16.2 Å². The predicted octanol–water partition coefficient (Wildman–Crippen LogP) is 0.192. The smallest absolute Gasteiger partial charge is 0.249 e. The first-order valence-corrected chi connectivity index (χ1v) is 6.17. The van der Waals surface area contributed by atoms with E-state index in [-0.39, 0.29) is 16.9 Å². The van der Waals surface area contributed by atoms with Crippen LogP contribution in [0.3, 0.4) is 0 Å². The largest absolute Gasteiger partial charge is 0.507 e. The zero-order valence-electron chi connectivity index (χ0n) is 10.8. The van der Waals surface area contributed by atoms with Crippen LogP contribution in [0.1, 0.15) is 15.9 Å². The summed E-state index contributed by atoms with van der Waals surface area (Å²) in [7, 11) is 0. The number of halogens is 1. The standard InChI is InChI=1S/C16H10FNO3/c17-13-4-2-1-3-9(13)15(20)12-6-8-5-11(16(18)21)10(8)7-14(12)19/h1-7,19H,(H2,18,21). The number of aromatic hydroxyl groups is 1. The number of nitrogens with two attached hydrogens (primary N) is 1. The Bertz CT molecular complexity index is 916. The number of primary amides is 1. The van der Waals surface area contributed by atoms with Gasteiger partial charge in [-0.1, -0.05) is 12.1 Å². The summed E-state index contributed by atoms with van der Waals surface area (Å²) in [6.07, 6.45) is 1.52. The van der Waals surface area contributed by atoms with Crippen LogP contribution in [0.25, 0.3) is 11.6 Å². The van der Waals surface area contributed by atoms with Crippen LogP contribution in [0.5, 0.6) is 5.75 Å². The first-order valence-electron chi connectivity index (χ1n) is 6.17. The van der Waals surface area contributed by atoms with Gasteiger partial charge in [0.1, 0.15) is 11.6 Å². The van der Waals surface area contributed by atoms with Gasteiger partial charge in [0.15, 0.2) is 5.78 Å². The molecule has 0 bridgehead atoms. The van der Waals surface area contributed by atoms with E-state index in [1.54, 1.807) is 6.07 Å². The molecule has 0 saturated carbocycles. The number of hydrogen-bond acceptors (Lipinski definition) is 3. The van der Waals surface area contributed by atoms with E-state index in [0.29, 0.717) is 16.0 Å². The summed E-state index contributed by atoms with van der Waals surface area (Å²) >= 11 is 0. The number of fused-ring (bicyclic) bond motifs is 1. The minimum absolute atomic E-state index is 0.0152. The van der Waals surface area contributed by atoms with Crippen LogP contribution in [0.4, 0.5) is 4.39 Å². The molecule has 3 rings (SSSR count). The fourth-order valence-electron chi connectivity index (χ4n) is 2.29. The van der Waals surface area contributed by atoms with Crippen LogP contribution in [0.15, 0.2) is 36.4 Å². The molecule has 3 N–H and O–H groups in total. The summed E-state index contributed by atoms with van der Waals surface area (Å²) in [6, 6.07) is 8.26. The maximum Gasteiger partial charge on any atom is 0.249 e. The highest BCUT2D eigenvalue weighted by Crippen LogP contribution is 2.20. The quantitative estimate of drug-likeness (QED) is 0.789. The van der Waals surface area contributed by atoms with Gasteiger partial charge in [-0.25, -0.2) is 4.39 Å². The normalized spacial score (nSPS) is 12.1. The minimum Gasteiger partial charge on any atom is -0.507 e. The van der Waals surface area contributed by atoms with E-state index in [1.807, 2.05) is 0 Å². The van der Waals surface area contributed by atoms with Gasteiger partial charge in [0.2, 0.25) is 5.91 Å². The maximum atomic E-state index is 13.6. The van der Waals surface area contributed by atoms with Crippen LogP contribution in [0.2, 0.25) is 0 Å². The lowest BCUT2D eigenvalue weighted by molar-refractivity contribution is -0.112. The molecule has 0 unspecified atom stereocenters. The fourth-order valence-corrected chi connectivity index (χ4v) is 2.29. The first-order chi connectivity index (χ1) is 9.99. The van der Waals surface area contributed by atoms with Gasteiger partial charge in [-0.15, -0.1) is 0 Å². The Labute approximate surface area is 118 Å². The van der Waals surface area contributed by atoms with Crippen molar-refractivity contribution in [2.75, 3.05) is 0 Å². The second-order valence-electron chi connectivity index (χ2n) is 4.69. The molecular weight excluding hydrogens is 273 g/mol. The van der Waals surface area contributed by atoms with Crippen molar-refractivity contribution in [1.29, 1.82) is 0 Å². The number of rotatable bonds is 3. The van der Waals surface area contributed by atoms with Crippen molar-refractivity contribution in [1.82, 2.24) is 0 Å². The first kappa shape index (κ1) is 13.1. The average Bonchev–Trinajstić information content (AvgIpc) is 2.42. The third-order valence-electron chi connectivity index (χ3n) is 3.39. The third kappa shape index (κ3) is 1.99. The summed E-state index contributed by atoms with van der Waals surface area (Å²) in [5.41, 5.74) is 5.33. The second-order valence-corrected chi connectivity index (χ2v) is 4.69. The molecule has 0 fully saturated rings. The molecule has 0 spiro atoms. The van der Waals surface area contributed by atoms with Gasteiger partial charge in [0, 0.05) is 5.57 Å². The SMILES string of the molecule is NC(=O)C1=c2cc(O)c(C(=O)c3ccccc3F)cc2=C1. The van der Waals surface area contributed by atoms with Gasteiger partial charge in [-0.3, -0.25) is 9.59 Å². The topological polar surface area (TPSA) is 80.4 Å². The monoisotopic (exact) mass is 283 g/mol. The Morgan fingerprint density at radius 1 is 1.10 bits per heavy atom. The van der Waals surface area contributed by atoms with Crippen LogP contribution in [0, 0.1) is 5.82 Å². The highest BCUT2D eigenvalue weighted by Gasteiger charge is 2.20. The van der Waals surface area contributed by atoms with E-state index in [0.717, 1.165) is 0 Å². The summed E-state index contributed by atoms with van der Waals surface area (Å²) in [5, 5.41) is 11.1. The lowest BCUT2D eigenvalue weighted by Crippen LogP contribution is -2.39. The molecule has 0 heterocycles. The van der Waals surface area contributed by atoms with Crippen LogP contribution in [-0.2, 0) is 4.79 Å². The van der Waals surface area contributed by atoms with E-state index < -0.39 is 17.5 Å². The fraction of sp³-hybridized carbons (Fsp3) is 0. The van der Waals surface area contributed by atoms with Crippen LogP contribution in [-0.4, -0.2) is 16.8 Å². The lowest BCUT2D eigenvalue weighted by atomic mass is 9.94. The number of phenols is 1. The zero-order chi connectivity index (χ0) is 15.1. The van der Waals surface area contributed by atoms with Crippen molar-refractivity contribution in [2.45, 2.75) is 0 Å². The van der Waals surface area contributed by atoms with Gasteiger partial charge in [-0.2, -0.15) is 0 Å². The molecule has 4 nitrogen and oxygen atoms in total. The Morgan fingerprint density at radius 2 is 1.81 bits per heavy atom. The van der Waals surface area contributed by atoms with Gasteiger partial charge >= 0.3 is 0 Å². The number of carbonyl (C=O) groups is 2. The number of hydrogen-bond donors (Lipinski definition) is 2. The molecule has 104 valence electrons. The number of carbonyl (C=O) groups excluding carboxylic acids is 2. The molecule has 0 aliphatic heterocycles. The van der Waals surface area contributed by atoms with Crippen LogP contribution >= 0.6 is 0 Å². The Hall–Kier alpha value is -2.95. The number of benzene rings is 2. The van der Waals surface area contributed by atoms with E-state index in [4.69, 9.17) is 5.73 Å². The van der Waals surface area contributed by atoms with Crippen molar-refractivity contribution in [3.63, 3.8) is 0 Å². The molecule has 21 heavy (non-hydrogen) atoms. The van der Waals surface area contributed by atoms with E-state index >= 15 is 0 Å². The van der Waals surface area contributed by atoms with Gasteiger partial charge < -0.3 is 10.8 Å². The molecular formula is C16H10FNO3. The molecule has 2 aromatic carbocycles. The van der Waals surface area contributed by atoms with E-state index in [9.17, 15) is 19.1 Å². The molecule has 5 heteroatoms. The summed E-state index contributed by atoms with van der Waals surface area (Å²) in [5.74, 6) is -2.18. The third-order valence-corrected chi connectivity index (χ3v) is 3.39. The number of phenolic OH excluding ortho intramolecular Hbond substituents is 1. The second kappa shape index (κ2) is 4.56. The average molecular weight is 283 g/mol. The molecule has 0 saturated heterocycles. The maximum absolute atomic E-state index is 13.6. The molecule has 2 aromatic rings. The highest BCUT2D eigenvalue weighted by molar-refractivity contribution is 6.25. The lowest BCUT2D eigenvalue weighted by Gasteiger charge is -2.11. The minimum atomic E-state index is -0.655. The zero-order valence-corrected chi connectivity index (χ0v) is 10.8. The van der Waals surface area contributed by atoms with Crippen molar-refractivity contribution in [3.8, 4) is 5.75 Å². The molecule has 1 aliphatic rings. The summed E-state index contributed by atoms with van der Waals surface area (Å²) in [4.78, 5) is 23.4. The van der Waals surface area contributed by atoms with Gasteiger partial charge in [-0.05, 0) is 40.8 Å². The van der Waals surface area contributed by atoms with Crippen molar-refractivity contribution < 1.29 is 19.1 Å². The van der Waals surface area contributed by atoms with Gasteiger partial charge in [0.25, 0.3) is 0 Å². The predicted molar refractivity (Wildman–Crippen MR) is 74.3 cm³/mol. The molecule has 0 aromatic heterocycles. The van der Waals surface area contributed by atoms with Gasteiger partial charge in [0.05, 0.1) is 11.1 Å². The molecule has 0 atom stereocenters. The number of ketones is 1. The molecule has 1 aliphatic carbocycles. The summed E-state index contributed by atoms with van der Waals surface area (Å²) in [6.45, 7) is 0. The molecule has 1 amide bonds.